The Kier molecular flexibility index (Phi) is 6.07. The Bertz CT molecular complexity index is 823. The van der Waals surface area contributed by atoms with E-state index in [1.807, 2.05) is 29.2 Å². The van der Waals surface area contributed by atoms with E-state index in [0.717, 1.165) is 29.7 Å². The van der Waals surface area contributed by atoms with Crippen molar-refractivity contribution in [2.45, 2.75) is 32.7 Å². The third-order valence-corrected chi connectivity index (χ3v) is 4.68. The molecule has 2 amide bonds. The van der Waals surface area contributed by atoms with Crippen molar-refractivity contribution in [3.8, 4) is 0 Å². The Hall–Kier alpha value is -2.88. The lowest BCUT2D eigenvalue weighted by Crippen LogP contribution is -2.32. The average molecular weight is 362 g/mol. The van der Waals surface area contributed by atoms with Gasteiger partial charge in [-0.2, -0.15) is 0 Å². The third kappa shape index (κ3) is 5.30. The first-order valence-electron chi connectivity index (χ1n) is 9.40. The molecule has 27 heavy (non-hydrogen) atoms. The first kappa shape index (κ1) is 18.9. The van der Waals surface area contributed by atoms with Gasteiger partial charge < -0.3 is 10.2 Å². The van der Waals surface area contributed by atoms with Crippen molar-refractivity contribution in [2.75, 3.05) is 11.4 Å². The number of nitrogens with one attached hydrogen (secondary N) is 1. The van der Waals surface area contributed by atoms with Crippen molar-refractivity contribution in [3.05, 3.63) is 77.9 Å². The molecule has 0 bridgehead atoms. The zero-order valence-electron chi connectivity index (χ0n) is 15.8. The van der Waals surface area contributed by atoms with Gasteiger partial charge in [-0.1, -0.05) is 48.0 Å². The summed E-state index contributed by atoms with van der Waals surface area (Å²) in [5.74, 6) is 0.254. The second kappa shape index (κ2) is 8.67. The minimum absolute atomic E-state index is 0.0503. The summed E-state index contributed by atoms with van der Waals surface area (Å²) < 4.78 is 0. The van der Waals surface area contributed by atoms with Crippen LogP contribution in [0, 0.1) is 12.8 Å². The molecule has 140 valence electrons. The second-order valence-corrected chi connectivity index (χ2v) is 7.12. The highest BCUT2D eigenvalue weighted by Gasteiger charge is 2.34. The topological polar surface area (TPSA) is 49.4 Å². The van der Waals surface area contributed by atoms with Crippen LogP contribution in [0.5, 0.6) is 0 Å². The molecule has 1 saturated carbocycles. The molecule has 0 atom stereocenters. The molecule has 0 spiro atoms. The molecule has 0 radical (unpaired) electrons. The zero-order valence-corrected chi connectivity index (χ0v) is 15.8. The van der Waals surface area contributed by atoms with Gasteiger partial charge in [-0.05, 0) is 43.0 Å². The van der Waals surface area contributed by atoms with Gasteiger partial charge in [0, 0.05) is 18.2 Å². The largest absolute Gasteiger partial charge is 0.352 e. The molecule has 1 aliphatic carbocycles. The molecule has 0 aliphatic heterocycles. The minimum atomic E-state index is -0.0503. The fourth-order valence-electron chi connectivity index (χ4n) is 2.99. The highest BCUT2D eigenvalue weighted by Crippen LogP contribution is 2.33. The minimum Gasteiger partial charge on any atom is -0.352 e. The predicted molar refractivity (Wildman–Crippen MR) is 108 cm³/mol. The molecular weight excluding hydrogens is 336 g/mol. The van der Waals surface area contributed by atoms with Crippen molar-refractivity contribution in [1.29, 1.82) is 0 Å². The number of benzene rings is 2. The monoisotopic (exact) mass is 362 g/mol. The van der Waals surface area contributed by atoms with Crippen LogP contribution in [0.15, 0.2) is 61.2 Å². The molecule has 1 aliphatic rings. The van der Waals surface area contributed by atoms with Crippen LogP contribution in [0.1, 0.15) is 29.5 Å². The quantitative estimate of drug-likeness (QED) is 0.727. The van der Waals surface area contributed by atoms with Crippen molar-refractivity contribution >= 4 is 17.5 Å². The second-order valence-electron chi connectivity index (χ2n) is 7.12. The van der Waals surface area contributed by atoms with E-state index in [-0.39, 0.29) is 24.2 Å². The fourth-order valence-corrected chi connectivity index (χ4v) is 2.99. The molecule has 3 rings (SSSR count). The van der Waals surface area contributed by atoms with Gasteiger partial charge in [0.2, 0.25) is 11.8 Å². The number of aryl methyl sites for hydroxylation is 1. The maximum absolute atomic E-state index is 12.9. The Morgan fingerprint density at radius 2 is 1.89 bits per heavy atom. The first-order valence-corrected chi connectivity index (χ1v) is 9.40. The van der Waals surface area contributed by atoms with Crippen LogP contribution in [0.25, 0.3) is 0 Å². The maximum atomic E-state index is 12.9. The van der Waals surface area contributed by atoms with Crippen molar-refractivity contribution < 1.29 is 9.59 Å². The molecule has 1 N–H and O–H groups in total. The summed E-state index contributed by atoms with van der Waals surface area (Å²) in [6.07, 6.45) is 3.88. The van der Waals surface area contributed by atoms with E-state index in [4.69, 9.17) is 0 Å². The molecule has 2 aromatic rings. The Balaban J connectivity index is 1.80. The van der Waals surface area contributed by atoms with E-state index in [1.165, 1.54) is 5.56 Å². The summed E-state index contributed by atoms with van der Waals surface area (Å²) in [7, 11) is 0. The van der Waals surface area contributed by atoms with Crippen molar-refractivity contribution in [1.82, 2.24) is 5.32 Å². The molecular formula is C23H26N2O2. The average Bonchev–Trinajstić information content (AvgIpc) is 3.51. The Morgan fingerprint density at radius 1 is 1.15 bits per heavy atom. The number of rotatable bonds is 8. The molecule has 1 fully saturated rings. The molecule has 0 saturated heterocycles. The Morgan fingerprint density at radius 3 is 2.56 bits per heavy atom. The molecule has 0 heterocycles. The summed E-state index contributed by atoms with van der Waals surface area (Å²) in [6, 6.07) is 16.0. The standard InChI is InChI=1S/C23H26N2O2/c1-3-13-24-22(26)15-19-5-4-6-21(14-19)25(23(27)20-11-12-20)16-18-9-7-17(2)8-10-18/h3-10,14,20H,1,11-13,15-16H2,2H3,(H,24,26). The summed E-state index contributed by atoms with van der Waals surface area (Å²) in [5.41, 5.74) is 4.04. The highest BCUT2D eigenvalue weighted by molar-refractivity contribution is 5.96. The van der Waals surface area contributed by atoms with Crippen LogP contribution in [-0.2, 0) is 22.6 Å². The highest BCUT2D eigenvalue weighted by atomic mass is 16.2. The van der Waals surface area contributed by atoms with Gasteiger partial charge >= 0.3 is 0 Å². The predicted octanol–water partition coefficient (Wildman–Crippen LogP) is 3.78. The number of hydrogen-bond donors (Lipinski definition) is 1. The van der Waals surface area contributed by atoms with Crippen LogP contribution in [-0.4, -0.2) is 18.4 Å². The lowest BCUT2D eigenvalue weighted by atomic mass is 10.1. The molecule has 4 nitrogen and oxygen atoms in total. The van der Waals surface area contributed by atoms with Crippen molar-refractivity contribution in [2.24, 2.45) is 5.92 Å². The number of nitrogens with zero attached hydrogens (tertiary/aromatic N) is 1. The van der Waals surface area contributed by atoms with Gasteiger partial charge in [0.05, 0.1) is 13.0 Å². The van der Waals surface area contributed by atoms with Gasteiger partial charge in [0.25, 0.3) is 0 Å². The smallest absolute Gasteiger partial charge is 0.230 e. The normalized spacial score (nSPS) is 13.1. The Labute approximate surface area is 160 Å². The lowest BCUT2D eigenvalue weighted by molar-refractivity contribution is -0.120. The van der Waals surface area contributed by atoms with Gasteiger partial charge in [-0.15, -0.1) is 6.58 Å². The van der Waals surface area contributed by atoms with Crippen LogP contribution >= 0.6 is 0 Å². The molecule has 4 heteroatoms. The van der Waals surface area contributed by atoms with E-state index >= 15 is 0 Å². The SMILES string of the molecule is C=CCNC(=O)Cc1cccc(N(Cc2ccc(C)cc2)C(=O)C2CC2)c1. The van der Waals surface area contributed by atoms with Crippen molar-refractivity contribution in [3.63, 3.8) is 0 Å². The van der Waals surface area contributed by atoms with E-state index in [0.29, 0.717) is 13.1 Å². The van der Waals surface area contributed by atoms with Gasteiger partial charge in [0.15, 0.2) is 0 Å². The van der Waals surface area contributed by atoms with Crippen LogP contribution in [0.4, 0.5) is 5.69 Å². The number of carbonyl (C=O) groups excluding carboxylic acids is 2. The summed E-state index contributed by atoms with van der Waals surface area (Å²) >= 11 is 0. The number of anilines is 1. The van der Waals surface area contributed by atoms with Gasteiger partial charge in [0.1, 0.15) is 0 Å². The van der Waals surface area contributed by atoms with E-state index in [1.54, 1.807) is 6.08 Å². The maximum Gasteiger partial charge on any atom is 0.230 e. The van der Waals surface area contributed by atoms with Gasteiger partial charge in [-0.25, -0.2) is 0 Å². The summed E-state index contributed by atoms with van der Waals surface area (Å²) in [4.78, 5) is 26.7. The number of amides is 2. The van der Waals surface area contributed by atoms with E-state index in [2.05, 4.69) is 43.1 Å². The first-order chi connectivity index (χ1) is 13.1. The van der Waals surface area contributed by atoms with Crippen LogP contribution < -0.4 is 10.2 Å². The number of hydrogen-bond acceptors (Lipinski definition) is 2. The zero-order chi connectivity index (χ0) is 19.2. The van der Waals surface area contributed by atoms with Crippen LogP contribution in [0.2, 0.25) is 0 Å². The molecule has 0 aromatic heterocycles. The van der Waals surface area contributed by atoms with Crippen LogP contribution in [0.3, 0.4) is 0 Å². The van der Waals surface area contributed by atoms with E-state index in [9.17, 15) is 9.59 Å². The summed E-state index contributed by atoms with van der Waals surface area (Å²) in [5, 5.41) is 2.79. The van der Waals surface area contributed by atoms with E-state index < -0.39 is 0 Å². The molecule has 2 aromatic carbocycles. The lowest BCUT2D eigenvalue weighted by Gasteiger charge is -2.24. The summed E-state index contributed by atoms with van der Waals surface area (Å²) in [6.45, 7) is 6.66. The van der Waals surface area contributed by atoms with Gasteiger partial charge in [-0.3, -0.25) is 9.59 Å². The molecule has 0 unspecified atom stereocenters. The fraction of sp³-hybridized carbons (Fsp3) is 0.304. The number of carbonyl (C=O) groups is 2. The third-order valence-electron chi connectivity index (χ3n) is 4.68.